The number of rotatable bonds is 1. The molecule has 0 aliphatic carbocycles. The van der Waals surface area contributed by atoms with E-state index in [0.29, 0.717) is 11.2 Å². The highest BCUT2D eigenvalue weighted by atomic mass is 16.1. The Morgan fingerprint density at radius 3 is 3.06 bits per heavy atom. The van der Waals surface area contributed by atoms with Crippen molar-refractivity contribution in [3.05, 3.63) is 36.5 Å². The van der Waals surface area contributed by atoms with Gasteiger partial charge in [0.05, 0.1) is 5.56 Å². The van der Waals surface area contributed by atoms with Crippen molar-refractivity contribution in [1.29, 1.82) is 0 Å². The van der Waals surface area contributed by atoms with Gasteiger partial charge in [-0.05, 0) is 6.07 Å². The van der Waals surface area contributed by atoms with Crippen molar-refractivity contribution in [3.63, 3.8) is 0 Å². The number of aromatic nitrogens is 4. The molecule has 0 atom stereocenters. The van der Waals surface area contributed by atoms with Gasteiger partial charge in [0.2, 0.25) is 0 Å². The third-order valence-electron chi connectivity index (χ3n) is 2.46. The second-order valence-electron chi connectivity index (χ2n) is 3.39. The van der Waals surface area contributed by atoms with Gasteiger partial charge in [0.25, 0.3) is 5.91 Å². The molecule has 1 amide bonds. The third-order valence-corrected chi connectivity index (χ3v) is 2.46. The number of carbonyl (C=O) groups is 1. The Hall–Kier alpha value is -2.50. The number of pyridine rings is 2. The first kappa shape index (κ1) is 8.78. The molecule has 0 radical (unpaired) electrons. The predicted octanol–water partition coefficient (Wildman–Crippen LogP) is 0.376. The maximum Gasteiger partial charge on any atom is 0.250 e. The first-order valence-corrected chi connectivity index (χ1v) is 4.63. The molecule has 3 heterocycles. The van der Waals surface area contributed by atoms with Gasteiger partial charge in [-0.2, -0.15) is 0 Å². The van der Waals surface area contributed by atoms with Crippen LogP contribution in [-0.2, 0) is 0 Å². The summed E-state index contributed by atoms with van der Waals surface area (Å²) in [4.78, 5) is 15.3. The second kappa shape index (κ2) is 2.99. The summed E-state index contributed by atoms with van der Waals surface area (Å²) in [7, 11) is 0. The van der Waals surface area contributed by atoms with Crippen molar-refractivity contribution >= 4 is 22.3 Å². The zero-order valence-corrected chi connectivity index (χ0v) is 8.16. The SMILES string of the molecule is NC(=O)c1cn2cnnc2c2cnccc12. The zero-order valence-electron chi connectivity index (χ0n) is 8.16. The van der Waals surface area contributed by atoms with Crippen molar-refractivity contribution < 1.29 is 4.79 Å². The van der Waals surface area contributed by atoms with Crippen LogP contribution in [0.3, 0.4) is 0 Å². The zero-order chi connectivity index (χ0) is 11.1. The van der Waals surface area contributed by atoms with Gasteiger partial charge in [-0.3, -0.25) is 14.2 Å². The number of hydrogen-bond donors (Lipinski definition) is 1. The molecule has 0 saturated heterocycles. The normalized spacial score (nSPS) is 11.0. The van der Waals surface area contributed by atoms with Crippen molar-refractivity contribution in [2.24, 2.45) is 5.73 Å². The van der Waals surface area contributed by atoms with E-state index in [9.17, 15) is 4.79 Å². The fourth-order valence-corrected chi connectivity index (χ4v) is 1.74. The minimum Gasteiger partial charge on any atom is -0.366 e. The highest BCUT2D eigenvalue weighted by Crippen LogP contribution is 2.20. The Bertz CT molecular complexity index is 703. The first-order valence-electron chi connectivity index (χ1n) is 4.63. The first-order chi connectivity index (χ1) is 7.77. The number of fused-ring (bicyclic) bond motifs is 3. The molecular weight excluding hydrogens is 206 g/mol. The Balaban J connectivity index is 2.60. The summed E-state index contributed by atoms with van der Waals surface area (Å²) >= 11 is 0. The molecule has 0 fully saturated rings. The van der Waals surface area contributed by atoms with Crippen LogP contribution in [0.2, 0.25) is 0 Å². The molecule has 3 rings (SSSR count). The average molecular weight is 213 g/mol. The smallest absolute Gasteiger partial charge is 0.250 e. The third kappa shape index (κ3) is 1.07. The van der Waals surface area contributed by atoms with E-state index in [1.54, 1.807) is 29.1 Å². The molecular formula is C10H7N5O. The molecule has 3 aromatic rings. The quantitative estimate of drug-likeness (QED) is 0.633. The molecule has 0 aliphatic rings. The topological polar surface area (TPSA) is 86.2 Å². The van der Waals surface area contributed by atoms with E-state index in [0.717, 1.165) is 10.8 Å². The number of hydrogen-bond acceptors (Lipinski definition) is 4. The number of amides is 1. The van der Waals surface area contributed by atoms with Crippen LogP contribution < -0.4 is 5.73 Å². The largest absolute Gasteiger partial charge is 0.366 e. The lowest BCUT2D eigenvalue weighted by Crippen LogP contribution is -2.12. The number of primary amides is 1. The van der Waals surface area contributed by atoms with Gasteiger partial charge in [0.1, 0.15) is 6.33 Å². The molecule has 6 heteroatoms. The fourth-order valence-electron chi connectivity index (χ4n) is 1.74. The van der Waals surface area contributed by atoms with Crippen LogP contribution in [-0.4, -0.2) is 25.5 Å². The minimum atomic E-state index is -0.480. The summed E-state index contributed by atoms with van der Waals surface area (Å²) in [5.41, 5.74) is 6.42. The maximum atomic E-state index is 11.3. The van der Waals surface area contributed by atoms with Crippen molar-refractivity contribution in [3.8, 4) is 0 Å². The van der Waals surface area contributed by atoms with Crippen LogP contribution in [0, 0.1) is 0 Å². The van der Waals surface area contributed by atoms with E-state index >= 15 is 0 Å². The summed E-state index contributed by atoms with van der Waals surface area (Å²) < 4.78 is 1.66. The van der Waals surface area contributed by atoms with Gasteiger partial charge in [-0.15, -0.1) is 10.2 Å². The van der Waals surface area contributed by atoms with Crippen LogP contribution in [0.4, 0.5) is 0 Å². The molecule has 0 unspecified atom stereocenters. The van der Waals surface area contributed by atoms with Gasteiger partial charge in [0, 0.05) is 29.4 Å². The molecule has 0 aromatic carbocycles. The molecule has 6 nitrogen and oxygen atoms in total. The highest BCUT2D eigenvalue weighted by molar-refractivity contribution is 6.09. The lowest BCUT2D eigenvalue weighted by molar-refractivity contribution is 0.100. The molecule has 78 valence electrons. The van der Waals surface area contributed by atoms with Gasteiger partial charge in [0.15, 0.2) is 5.65 Å². The van der Waals surface area contributed by atoms with Crippen LogP contribution in [0.5, 0.6) is 0 Å². The highest BCUT2D eigenvalue weighted by Gasteiger charge is 2.11. The van der Waals surface area contributed by atoms with Crippen LogP contribution in [0.15, 0.2) is 31.0 Å². The standard InChI is InChI=1S/C10H7N5O/c11-9(16)8-4-15-5-13-14-10(15)7-3-12-2-1-6(7)8/h1-5H,(H2,11,16). The van der Waals surface area contributed by atoms with E-state index in [-0.39, 0.29) is 0 Å². The maximum absolute atomic E-state index is 11.3. The van der Waals surface area contributed by atoms with E-state index in [1.807, 2.05) is 0 Å². The van der Waals surface area contributed by atoms with E-state index < -0.39 is 5.91 Å². The summed E-state index contributed by atoms with van der Waals surface area (Å²) in [6, 6.07) is 1.74. The molecule has 3 aromatic heterocycles. The lowest BCUT2D eigenvalue weighted by Gasteiger charge is -2.03. The lowest BCUT2D eigenvalue weighted by atomic mass is 10.1. The second-order valence-corrected chi connectivity index (χ2v) is 3.39. The van der Waals surface area contributed by atoms with E-state index in [1.165, 1.54) is 6.33 Å². The summed E-state index contributed by atoms with van der Waals surface area (Å²) in [5, 5.41) is 9.25. The van der Waals surface area contributed by atoms with Crippen LogP contribution in [0.25, 0.3) is 16.4 Å². The van der Waals surface area contributed by atoms with Crippen molar-refractivity contribution in [2.75, 3.05) is 0 Å². The molecule has 0 aliphatic heterocycles. The summed E-state index contributed by atoms with van der Waals surface area (Å²) in [6.45, 7) is 0. The van der Waals surface area contributed by atoms with E-state index in [4.69, 9.17) is 5.73 Å². The summed E-state index contributed by atoms with van der Waals surface area (Å²) in [6.07, 6.45) is 6.40. The predicted molar refractivity (Wildman–Crippen MR) is 56.8 cm³/mol. The average Bonchev–Trinajstić information content (AvgIpc) is 2.75. The van der Waals surface area contributed by atoms with Gasteiger partial charge in [-0.1, -0.05) is 0 Å². The van der Waals surface area contributed by atoms with Gasteiger partial charge >= 0.3 is 0 Å². The van der Waals surface area contributed by atoms with Crippen LogP contribution >= 0.6 is 0 Å². The molecule has 2 N–H and O–H groups in total. The number of nitrogens with two attached hydrogens (primary N) is 1. The number of nitrogens with zero attached hydrogens (tertiary/aromatic N) is 4. The number of carbonyl (C=O) groups excluding carboxylic acids is 1. The Morgan fingerprint density at radius 1 is 1.38 bits per heavy atom. The fraction of sp³-hybridized carbons (Fsp3) is 0. The molecule has 0 spiro atoms. The minimum absolute atomic E-state index is 0.435. The van der Waals surface area contributed by atoms with Gasteiger partial charge in [-0.25, -0.2) is 0 Å². The van der Waals surface area contributed by atoms with Crippen molar-refractivity contribution in [1.82, 2.24) is 19.6 Å². The van der Waals surface area contributed by atoms with Gasteiger partial charge < -0.3 is 5.73 Å². The molecule has 0 saturated carbocycles. The molecule has 16 heavy (non-hydrogen) atoms. The van der Waals surface area contributed by atoms with E-state index in [2.05, 4.69) is 15.2 Å². The molecule has 0 bridgehead atoms. The van der Waals surface area contributed by atoms with Crippen molar-refractivity contribution in [2.45, 2.75) is 0 Å². The van der Waals surface area contributed by atoms with Crippen LogP contribution in [0.1, 0.15) is 10.4 Å². The Labute approximate surface area is 89.7 Å². The Kier molecular flexibility index (Phi) is 1.64. The monoisotopic (exact) mass is 213 g/mol. The Morgan fingerprint density at radius 2 is 2.25 bits per heavy atom. The summed E-state index contributed by atoms with van der Waals surface area (Å²) in [5.74, 6) is -0.480.